The van der Waals surface area contributed by atoms with Crippen LogP contribution in [0.2, 0.25) is 0 Å². The van der Waals surface area contributed by atoms with E-state index in [-0.39, 0.29) is 17.7 Å². The van der Waals surface area contributed by atoms with Crippen LogP contribution in [0.5, 0.6) is 0 Å². The van der Waals surface area contributed by atoms with E-state index in [0.717, 1.165) is 49.3 Å². The van der Waals surface area contributed by atoms with E-state index in [9.17, 15) is 9.90 Å². The largest absolute Gasteiger partial charge is 0.431 e. The quantitative estimate of drug-likeness (QED) is 0.578. The van der Waals surface area contributed by atoms with E-state index in [0.29, 0.717) is 24.7 Å². The smallest absolute Gasteiger partial charge is 0.298 e. The number of carbonyl (C=O) groups is 1. The summed E-state index contributed by atoms with van der Waals surface area (Å²) in [7, 11) is 1.87. The van der Waals surface area contributed by atoms with Crippen molar-refractivity contribution in [3.8, 4) is 0 Å². The number of hydrogen-bond acceptors (Lipinski definition) is 8. The highest BCUT2D eigenvalue weighted by Gasteiger charge is 2.25. The van der Waals surface area contributed by atoms with Crippen LogP contribution in [0, 0.1) is 0 Å². The average Bonchev–Trinajstić information content (AvgIpc) is 3.49. The van der Waals surface area contributed by atoms with Crippen molar-refractivity contribution in [2.75, 3.05) is 54.4 Å². The molecule has 2 aromatic heterocycles. The van der Waals surface area contributed by atoms with Crippen molar-refractivity contribution in [2.45, 2.75) is 12.5 Å². The predicted octanol–water partition coefficient (Wildman–Crippen LogP) is 0.794. The lowest BCUT2D eigenvalue weighted by atomic mass is 10.1. The number of aryl methyl sites for hydroxylation is 1. The number of aliphatic hydroxyl groups excluding tert-OH is 1. The van der Waals surface area contributed by atoms with Gasteiger partial charge in [-0.2, -0.15) is 10.1 Å². The van der Waals surface area contributed by atoms with Crippen LogP contribution in [-0.4, -0.2) is 71.2 Å². The highest BCUT2D eigenvalue weighted by molar-refractivity contribution is 6.06. The summed E-state index contributed by atoms with van der Waals surface area (Å²) in [4.78, 5) is 21.4. The molecule has 2 aliphatic heterocycles. The van der Waals surface area contributed by atoms with E-state index in [1.807, 2.05) is 24.1 Å². The first kappa shape index (κ1) is 18.9. The van der Waals surface area contributed by atoms with Crippen molar-refractivity contribution in [2.24, 2.45) is 7.05 Å². The molecule has 10 nitrogen and oxygen atoms in total. The highest BCUT2D eigenvalue weighted by Crippen LogP contribution is 2.34. The molecule has 158 valence electrons. The molecular formula is C20H25N7O3. The number of hydrogen-bond donors (Lipinski definition) is 3. The molecule has 1 atom stereocenters. The normalized spacial score (nSPS) is 19.6. The third kappa shape index (κ3) is 3.48. The summed E-state index contributed by atoms with van der Waals surface area (Å²) in [6.45, 7) is 4.57. The molecular weight excluding hydrogens is 386 g/mol. The van der Waals surface area contributed by atoms with Gasteiger partial charge in [-0.3, -0.25) is 9.48 Å². The van der Waals surface area contributed by atoms with Gasteiger partial charge in [0.05, 0.1) is 29.2 Å². The maximum atomic E-state index is 12.9. The van der Waals surface area contributed by atoms with Gasteiger partial charge in [0.2, 0.25) is 0 Å². The van der Waals surface area contributed by atoms with Crippen molar-refractivity contribution in [3.63, 3.8) is 0 Å². The molecule has 0 radical (unpaired) electrons. The van der Waals surface area contributed by atoms with E-state index < -0.39 is 0 Å². The Morgan fingerprint density at radius 2 is 2.10 bits per heavy atom. The Bertz CT molecular complexity index is 1070. The van der Waals surface area contributed by atoms with Crippen molar-refractivity contribution in [3.05, 3.63) is 30.3 Å². The molecule has 0 saturated carbocycles. The summed E-state index contributed by atoms with van der Waals surface area (Å²) >= 11 is 0. The maximum absolute atomic E-state index is 12.9. The van der Waals surface area contributed by atoms with Gasteiger partial charge in [-0.1, -0.05) is 0 Å². The summed E-state index contributed by atoms with van der Waals surface area (Å²) in [6.07, 6.45) is 3.54. The first-order valence-electron chi connectivity index (χ1n) is 10.2. The molecule has 2 saturated heterocycles. The number of aliphatic hydroxyl groups is 1. The number of piperazine rings is 1. The van der Waals surface area contributed by atoms with Crippen LogP contribution in [0.3, 0.4) is 0 Å². The second-order valence-electron chi connectivity index (χ2n) is 7.79. The predicted molar refractivity (Wildman–Crippen MR) is 113 cm³/mol. The number of oxazole rings is 1. The number of carbonyl (C=O) groups excluding carboxylic acids is 1. The van der Waals surface area contributed by atoms with E-state index >= 15 is 0 Å². The van der Waals surface area contributed by atoms with Crippen LogP contribution in [0.1, 0.15) is 16.9 Å². The number of β-amino-alcohol motifs (C(OH)–C–C–N with tert-alkyl or cyclic N) is 1. The minimum atomic E-state index is -0.365. The minimum Gasteiger partial charge on any atom is -0.431 e. The number of anilines is 3. The lowest BCUT2D eigenvalue weighted by molar-refractivity contribution is 0.102. The first-order valence-corrected chi connectivity index (χ1v) is 10.2. The molecule has 2 aliphatic rings. The minimum absolute atomic E-state index is 0.237. The fourth-order valence-corrected chi connectivity index (χ4v) is 4.07. The molecule has 0 spiro atoms. The summed E-state index contributed by atoms with van der Waals surface area (Å²) in [5.74, 6) is -0.331. The summed E-state index contributed by atoms with van der Waals surface area (Å²) in [6, 6.07) is 4.38. The molecule has 5 rings (SSSR count). The molecule has 4 heterocycles. The lowest BCUT2D eigenvalue weighted by Crippen LogP contribution is -2.43. The Kier molecular flexibility index (Phi) is 4.80. The zero-order chi connectivity index (χ0) is 20.7. The van der Waals surface area contributed by atoms with Crippen LogP contribution in [0.15, 0.2) is 29.0 Å². The van der Waals surface area contributed by atoms with Crippen molar-refractivity contribution in [1.29, 1.82) is 0 Å². The number of nitrogens with zero attached hydrogens (tertiary/aromatic N) is 5. The average molecular weight is 411 g/mol. The van der Waals surface area contributed by atoms with Crippen molar-refractivity contribution in [1.82, 2.24) is 20.1 Å². The topological polar surface area (TPSA) is 112 Å². The third-order valence-electron chi connectivity index (χ3n) is 5.73. The van der Waals surface area contributed by atoms with E-state index in [1.165, 1.54) is 6.26 Å². The van der Waals surface area contributed by atoms with Gasteiger partial charge in [0.25, 0.3) is 11.9 Å². The van der Waals surface area contributed by atoms with Gasteiger partial charge in [0, 0.05) is 51.7 Å². The van der Waals surface area contributed by atoms with Crippen LogP contribution in [0.4, 0.5) is 17.4 Å². The molecule has 3 aromatic rings. The number of nitrogens with one attached hydrogen (secondary N) is 2. The zero-order valence-electron chi connectivity index (χ0n) is 16.8. The summed E-state index contributed by atoms with van der Waals surface area (Å²) in [5, 5.41) is 21.5. The monoisotopic (exact) mass is 411 g/mol. The van der Waals surface area contributed by atoms with Gasteiger partial charge in [-0.15, -0.1) is 0 Å². The number of benzene rings is 1. The molecule has 0 bridgehead atoms. The summed E-state index contributed by atoms with van der Waals surface area (Å²) < 4.78 is 7.32. The van der Waals surface area contributed by atoms with Gasteiger partial charge in [-0.05, 0) is 18.6 Å². The molecule has 30 heavy (non-hydrogen) atoms. The third-order valence-corrected chi connectivity index (χ3v) is 5.73. The van der Waals surface area contributed by atoms with Crippen LogP contribution in [-0.2, 0) is 7.05 Å². The molecule has 0 aliphatic carbocycles. The second-order valence-corrected chi connectivity index (χ2v) is 7.79. The zero-order valence-corrected chi connectivity index (χ0v) is 16.8. The molecule has 1 amide bonds. The Hall–Kier alpha value is -3.11. The van der Waals surface area contributed by atoms with Gasteiger partial charge in [-0.25, -0.2) is 0 Å². The van der Waals surface area contributed by atoms with Crippen molar-refractivity contribution < 1.29 is 14.3 Å². The molecule has 2 fully saturated rings. The number of rotatable bonds is 4. The summed E-state index contributed by atoms with van der Waals surface area (Å²) in [5.41, 5.74) is 2.68. The van der Waals surface area contributed by atoms with E-state index in [2.05, 4.69) is 25.6 Å². The molecule has 0 unspecified atom stereocenters. The Labute approximate surface area is 173 Å². The van der Waals surface area contributed by atoms with Crippen LogP contribution >= 0.6 is 0 Å². The molecule has 10 heteroatoms. The van der Waals surface area contributed by atoms with E-state index in [1.54, 1.807) is 10.9 Å². The van der Waals surface area contributed by atoms with Gasteiger partial charge < -0.3 is 30.0 Å². The molecule has 3 N–H and O–H groups in total. The van der Waals surface area contributed by atoms with E-state index in [4.69, 9.17) is 4.42 Å². The van der Waals surface area contributed by atoms with Crippen LogP contribution in [0.25, 0.3) is 10.9 Å². The fraction of sp³-hybridized carbons (Fsp3) is 0.450. The fourth-order valence-electron chi connectivity index (χ4n) is 4.07. The first-order chi connectivity index (χ1) is 14.6. The Balaban J connectivity index is 1.43. The van der Waals surface area contributed by atoms with Gasteiger partial charge in [0.1, 0.15) is 6.26 Å². The Morgan fingerprint density at radius 3 is 2.87 bits per heavy atom. The lowest BCUT2D eigenvalue weighted by Gasteiger charge is -2.25. The number of fused-ring (bicyclic) bond motifs is 1. The SMILES string of the molecule is Cn1ncc2cc(N3CC[C@H](O)C3)c(NC(=O)c3coc(N4CCNCC4)n3)cc21. The van der Waals surface area contributed by atoms with Crippen molar-refractivity contribution >= 4 is 34.2 Å². The van der Waals surface area contributed by atoms with Gasteiger partial charge in [0.15, 0.2) is 5.69 Å². The number of aromatic nitrogens is 3. The van der Waals surface area contributed by atoms with Crippen LogP contribution < -0.4 is 20.4 Å². The highest BCUT2D eigenvalue weighted by atomic mass is 16.4. The standard InChI is InChI=1S/C20H25N7O3/c1-25-17-9-15(18(8-13(17)10-22-25)27-5-2-14(28)11-27)23-19(29)16-12-30-20(24-16)26-6-3-21-4-7-26/h8-10,12,14,21,28H,2-7,11H2,1H3,(H,23,29)/t14-/m0/s1. The maximum Gasteiger partial charge on any atom is 0.298 e. The second kappa shape index (κ2) is 7.62. The number of amides is 1. The molecule has 1 aromatic carbocycles. The van der Waals surface area contributed by atoms with Gasteiger partial charge >= 0.3 is 0 Å². The Morgan fingerprint density at radius 1 is 1.27 bits per heavy atom.